The van der Waals surface area contributed by atoms with Crippen molar-refractivity contribution in [1.29, 1.82) is 0 Å². The summed E-state index contributed by atoms with van der Waals surface area (Å²) in [5.41, 5.74) is 0. The molecular weight excluding hydrogens is 136 g/mol. The molecule has 3 saturated heterocycles. The topological polar surface area (TPSA) is 58.9 Å². The Bertz CT molecular complexity index is 163. The van der Waals surface area contributed by atoms with Crippen LogP contribution in [-0.4, -0.2) is 46.8 Å². The highest BCUT2D eigenvalue weighted by Gasteiger charge is 2.68. The molecule has 0 unspecified atom stereocenters. The molecule has 0 aliphatic carbocycles. The minimum Gasteiger partial charge on any atom is -0.387 e. The van der Waals surface area contributed by atoms with E-state index in [4.69, 9.17) is 9.47 Å². The smallest absolute Gasteiger partial charge is 0.116 e. The number of aliphatic hydroxyl groups is 2. The second-order valence-corrected chi connectivity index (χ2v) is 3.11. The molecule has 2 bridgehead atoms. The van der Waals surface area contributed by atoms with E-state index in [1.165, 1.54) is 0 Å². The van der Waals surface area contributed by atoms with Crippen molar-refractivity contribution in [3.63, 3.8) is 0 Å². The minimum absolute atomic E-state index is 0.0324. The van der Waals surface area contributed by atoms with E-state index in [2.05, 4.69) is 0 Å². The lowest BCUT2D eigenvalue weighted by Gasteiger charge is -2.43. The summed E-state index contributed by atoms with van der Waals surface area (Å²) >= 11 is 0. The molecule has 4 heteroatoms. The SMILES string of the molecule is O[C@H]1C2OC3[C@@H]1O[C@@H]3[C@H]2O. The highest BCUT2D eigenvalue weighted by molar-refractivity contribution is 5.15. The lowest BCUT2D eigenvalue weighted by Crippen LogP contribution is -2.64. The van der Waals surface area contributed by atoms with Crippen molar-refractivity contribution in [3.05, 3.63) is 0 Å². The Labute approximate surface area is 57.4 Å². The van der Waals surface area contributed by atoms with Gasteiger partial charge in [-0.25, -0.2) is 0 Å². The zero-order chi connectivity index (χ0) is 6.88. The van der Waals surface area contributed by atoms with Gasteiger partial charge in [0, 0.05) is 0 Å². The van der Waals surface area contributed by atoms with E-state index in [0.29, 0.717) is 0 Å². The molecule has 56 valence electrons. The molecular formula is C6H8O4. The van der Waals surface area contributed by atoms with Crippen LogP contribution < -0.4 is 0 Å². The van der Waals surface area contributed by atoms with Crippen LogP contribution >= 0.6 is 0 Å². The zero-order valence-electron chi connectivity index (χ0n) is 5.18. The van der Waals surface area contributed by atoms with Gasteiger partial charge < -0.3 is 19.7 Å². The van der Waals surface area contributed by atoms with Gasteiger partial charge in [-0.05, 0) is 0 Å². The van der Waals surface area contributed by atoms with Crippen molar-refractivity contribution in [2.75, 3.05) is 0 Å². The molecule has 2 N–H and O–H groups in total. The molecule has 0 aromatic heterocycles. The second-order valence-electron chi connectivity index (χ2n) is 3.11. The molecule has 0 amide bonds. The number of rotatable bonds is 0. The predicted molar refractivity (Wildman–Crippen MR) is 29.3 cm³/mol. The van der Waals surface area contributed by atoms with Gasteiger partial charge in [-0.15, -0.1) is 0 Å². The normalized spacial score (nSPS) is 70.2. The number of aliphatic hydroxyl groups excluding tert-OH is 2. The Hall–Kier alpha value is -0.160. The molecule has 0 radical (unpaired) electrons. The van der Waals surface area contributed by atoms with Crippen LogP contribution in [0.25, 0.3) is 0 Å². The van der Waals surface area contributed by atoms with Crippen LogP contribution in [-0.2, 0) is 9.47 Å². The largest absolute Gasteiger partial charge is 0.387 e. The van der Waals surface area contributed by atoms with Crippen molar-refractivity contribution >= 4 is 0 Å². The van der Waals surface area contributed by atoms with E-state index in [0.717, 1.165) is 0 Å². The first-order valence-electron chi connectivity index (χ1n) is 3.46. The quantitative estimate of drug-likeness (QED) is 0.423. The molecule has 3 aliphatic heterocycles. The first-order valence-corrected chi connectivity index (χ1v) is 3.46. The predicted octanol–water partition coefficient (Wildman–Crippen LogP) is -1.74. The molecule has 3 rings (SSSR count). The Kier molecular flexibility index (Phi) is 0.757. The van der Waals surface area contributed by atoms with Gasteiger partial charge in [0.2, 0.25) is 0 Å². The Morgan fingerprint density at radius 1 is 0.700 bits per heavy atom. The minimum atomic E-state index is -0.606. The third-order valence-corrected chi connectivity index (χ3v) is 2.62. The zero-order valence-corrected chi connectivity index (χ0v) is 5.18. The number of hydrogen-bond acceptors (Lipinski definition) is 4. The molecule has 4 nitrogen and oxygen atoms in total. The number of ether oxygens (including phenoxy) is 2. The average Bonchev–Trinajstić information content (AvgIpc) is 2.16. The summed E-state index contributed by atoms with van der Waals surface area (Å²) in [6, 6.07) is 0. The molecule has 0 aromatic rings. The van der Waals surface area contributed by atoms with Crippen molar-refractivity contribution in [2.45, 2.75) is 36.6 Å². The van der Waals surface area contributed by atoms with Crippen LogP contribution in [0.3, 0.4) is 0 Å². The van der Waals surface area contributed by atoms with E-state index in [9.17, 15) is 10.2 Å². The third-order valence-electron chi connectivity index (χ3n) is 2.62. The summed E-state index contributed by atoms with van der Waals surface area (Å²) in [6.07, 6.45) is -1.93. The van der Waals surface area contributed by atoms with E-state index in [1.807, 2.05) is 0 Å². The summed E-state index contributed by atoms with van der Waals surface area (Å²) in [4.78, 5) is 0. The molecule has 0 saturated carbocycles. The van der Waals surface area contributed by atoms with Gasteiger partial charge in [-0.1, -0.05) is 0 Å². The third kappa shape index (κ3) is 0.362. The average molecular weight is 144 g/mol. The van der Waals surface area contributed by atoms with Gasteiger partial charge in [0.1, 0.15) is 36.6 Å². The monoisotopic (exact) mass is 144 g/mol. The fourth-order valence-electron chi connectivity index (χ4n) is 2.06. The fourth-order valence-corrected chi connectivity index (χ4v) is 2.06. The molecule has 3 heterocycles. The molecule has 4 atom stereocenters. The van der Waals surface area contributed by atoms with Crippen LogP contribution in [0.5, 0.6) is 0 Å². The highest BCUT2D eigenvalue weighted by Crippen LogP contribution is 2.46. The number of fused-ring (bicyclic) bond motifs is 1. The van der Waals surface area contributed by atoms with Gasteiger partial charge >= 0.3 is 0 Å². The summed E-state index contributed by atoms with van der Waals surface area (Å²) in [6.45, 7) is 0. The maximum absolute atomic E-state index is 9.29. The van der Waals surface area contributed by atoms with E-state index in [1.54, 1.807) is 0 Å². The van der Waals surface area contributed by atoms with E-state index >= 15 is 0 Å². The van der Waals surface area contributed by atoms with Gasteiger partial charge in [0.25, 0.3) is 0 Å². The van der Waals surface area contributed by atoms with Crippen molar-refractivity contribution < 1.29 is 19.7 Å². The van der Waals surface area contributed by atoms with Gasteiger partial charge in [0.15, 0.2) is 0 Å². The maximum atomic E-state index is 9.29. The lowest BCUT2D eigenvalue weighted by atomic mass is 9.84. The van der Waals surface area contributed by atoms with Crippen LogP contribution in [0.15, 0.2) is 0 Å². The Morgan fingerprint density at radius 2 is 1.20 bits per heavy atom. The van der Waals surface area contributed by atoms with Crippen LogP contribution in [0, 0.1) is 0 Å². The standard InChI is InChI=1S/C6H8O4/c7-1-3-2(8)5-6(9-3)4(1)10-5/h1-8H/t1-,2-,3?,4+,5+,6?/m0/s1. The summed E-state index contributed by atoms with van der Waals surface area (Å²) < 4.78 is 10.4. The summed E-state index contributed by atoms with van der Waals surface area (Å²) in [7, 11) is 0. The van der Waals surface area contributed by atoms with Crippen molar-refractivity contribution in [2.24, 2.45) is 0 Å². The van der Waals surface area contributed by atoms with Crippen molar-refractivity contribution in [3.8, 4) is 0 Å². The van der Waals surface area contributed by atoms with Gasteiger partial charge in [0.05, 0.1) is 0 Å². The van der Waals surface area contributed by atoms with Crippen LogP contribution in [0.2, 0.25) is 0 Å². The molecule has 10 heavy (non-hydrogen) atoms. The maximum Gasteiger partial charge on any atom is 0.116 e. The highest BCUT2D eigenvalue weighted by atomic mass is 16.7. The Balaban J connectivity index is 2.00. The van der Waals surface area contributed by atoms with Crippen molar-refractivity contribution in [1.82, 2.24) is 0 Å². The molecule has 3 fully saturated rings. The van der Waals surface area contributed by atoms with E-state index < -0.39 is 12.2 Å². The lowest BCUT2D eigenvalue weighted by molar-refractivity contribution is -0.233. The van der Waals surface area contributed by atoms with E-state index in [-0.39, 0.29) is 24.4 Å². The summed E-state index contributed by atoms with van der Waals surface area (Å²) in [5, 5.41) is 18.6. The molecule has 0 aromatic carbocycles. The van der Waals surface area contributed by atoms with Crippen LogP contribution in [0.1, 0.15) is 0 Å². The number of hydrogen-bond donors (Lipinski definition) is 2. The molecule has 3 aliphatic rings. The fraction of sp³-hybridized carbons (Fsp3) is 1.00. The first-order chi connectivity index (χ1) is 4.79. The summed E-state index contributed by atoms with van der Waals surface area (Å²) in [5.74, 6) is 0. The second kappa shape index (κ2) is 1.38. The van der Waals surface area contributed by atoms with Gasteiger partial charge in [-0.2, -0.15) is 0 Å². The van der Waals surface area contributed by atoms with Gasteiger partial charge in [-0.3, -0.25) is 0 Å². The first kappa shape index (κ1) is 5.49. The molecule has 0 spiro atoms. The Morgan fingerprint density at radius 3 is 1.50 bits per heavy atom. The van der Waals surface area contributed by atoms with Crippen LogP contribution in [0.4, 0.5) is 0 Å².